The van der Waals surface area contributed by atoms with Crippen molar-refractivity contribution in [1.29, 1.82) is 0 Å². The van der Waals surface area contributed by atoms with Crippen LogP contribution in [0.5, 0.6) is 0 Å². The Kier molecular flexibility index (Phi) is 10.9. The van der Waals surface area contributed by atoms with Crippen LogP contribution in [0.15, 0.2) is 115 Å². The topological polar surface area (TPSA) is 111 Å². The average Bonchev–Trinajstić information content (AvgIpc) is 4.01. The third-order valence-electron chi connectivity index (χ3n) is 11.3. The van der Waals surface area contributed by atoms with Crippen LogP contribution in [0, 0.1) is 0 Å². The van der Waals surface area contributed by atoms with Crippen LogP contribution >= 0.6 is 11.6 Å². The van der Waals surface area contributed by atoms with E-state index in [1.165, 1.54) is 20.2 Å². The number of hydrogen-bond donors (Lipinski definition) is 2. The highest BCUT2D eigenvalue weighted by Gasteiger charge is 2.51. The number of piperazine rings is 1. The van der Waals surface area contributed by atoms with Crippen molar-refractivity contribution in [2.75, 3.05) is 19.7 Å². The largest absolute Gasteiger partial charge is 0.465 e. The van der Waals surface area contributed by atoms with Crippen LogP contribution in [-0.4, -0.2) is 89.1 Å². The number of benzene rings is 4. The van der Waals surface area contributed by atoms with Crippen molar-refractivity contribution >= 4 is 54.0 Å². The third kappa shape index (κ3) is 7.68. The fourth-order valence-corrected chi connectivity index (χ4v) is 13.3. The molecule has 0 radical (unpaired) electrons. The molecule has 0 aromatic heterocycles. The summed E-state index contributed by atoms with van der Waals surface area (Å²) in [7, 11) is -2.71. The van der Waals surface area contributed by atoms with Gasteiger partial charge in [-0.3, -0.25) is 9.69 Å². The van der Waals surface area contributed by atoms with Gasteiger partial charge in [0.2, 0.25) is 0 Å². The second kappa shape index (κ2) is 15.7. The number of carbonyl (C=O) groups excluding carboxylic acids is 1. The molecule has 3 aliphatic rings. The van der Waals surface area contributed by atoms with E-state index in [0.29, 0.717) is 23.6 Å². The van der Waals surface area contributed by atoms with Crippen molar-refractivity contribution in [2.24, 2.45) is 0 Å². The van der Waals surface area contributed by atoms with E-state index in [9.17, 15) is 24.6 Å². The fourth-order valence-electron chi connectivity index (χ4n) is 8.57. The van der Waals surface area contributed by atoms with E-state index in [0.717, 1.165) is 35.1 Å². The van der Waals surface area contributed by atoms with Gasteiger partial charge in [0.1, 0.15) is 0 Å². The molecule has 2 aliphatic heterocycles. The standard InChI is InChI=1S/C44H48ClN3O6Si/c1-44(2,3)55(35-13-6-4-7-14-35,36-15-8-5-9-16-36)54-25-24-30-18-20-31(21-19-30)37-26-34-28-46(42(50)51)29-39(48(34)43(52)53)40(37)41(49)47(33-22-23-33)27-32-12-10-11-17-38(32)45/h4-21,33-34,39H,22-29H2,1-3H3,(H,50,51)(H,52,53)/t34-,39-/m1/s1. The number of fused-ring (bicyclic) bond motifs is 2. The van der Waals surface area contributed by atoms with Gasteiger partial charge in [-0.15, -0.1) is 0 Å². The summed E-state index contributed by atoms with van der Waals surface area (Å²) in [5.41, 5.74) is 3.82. The van der Waals surface area contributed by atoms with Gasteiger partial charge in [-0.2, -0.15) is 0 Å². The van der Waals surface area contributed by atoms with Crippen molar-refractivity contribution in [3.05, 3.63) is 136 Å². The molecule has 2 bridgehead atoms. The second-order valence-electron chi connectivity index (χ2n) is 15.9. The molecule has 0 spiro atoms. The number of carboxylic acid groups (broad SMARTS) is 2. The molecule has 11 heteroatoms. The van der Waals surface area contributed by atoms with Crippen LogP contribution in [0.3, 0.4) is 0 Å². The quantitative estimate of drug-likeness (QED) is 0.153. The summed E-state index contributed by atoms with van der Waals surface area (Å²) in [5.74, 6) is -0.276. The fraction of sp³-hybridized carbons (Fsp3) is 0.341. The van der Waals surface area contributed by atoms with Gasteiger partial charge < -0.3 is 24.4 Å². The predicted molar refractivity (Wildman–Crippen MR) is 217 cm³/mol. The lowest BCUT2D eigenvalue weighted by Gasteiger charge is -2.49. The number of rotatable bonds is 11. The van der Waals surface area contributed by atoms with E-state index in [-0.39, 0.29) is 43.0 Å². The summed E-state index contributed by atoms with van der Waals surface area (Å²) in [4.78, 5) is 44.2. The Labute approximate surface area is 328 Å². The summed E-state index contributed by atoms with van der Waals surface area (Å²) >= 11 is 6.56. The van der Waals surface area contributed by atoms with E-state index < -0.39 is 32.6 Å². The first-order valence-electron chi connectivity index (χ1n) is 19.0. The van der Waals surface area contributed by atoms with Gasteiger partial charge in [-0.05, 0) is 69.4 Å². The molecule has 3 amide bonds. The Bertz CT molecular complexity index is 2030. The van der Waals surface area contributed by atoms with Gasteiger partial charge in [0.05, 0.1) is 12.1 Å². The Balaban J connectivity index is 1.21. The Hall–Kier alpha value is -4.90. The highest BCUT2D eigenvalue weighted by Crippen LogP contribution is 2.42. The van der Waals surface area contributed by atoms with Crippen LogP contribution in [0.25, 0.3) is 5.57 Å². The predicted octanol–water partition coefficient (Wildman–Crippen LogP) is 7.52. The van der Waals surface area contributed by atoms with E-state index in [1.807, 2.05) is 42.5 Å². The molecule has 2 atom stereocenters. The molecule has 2 fully saturated rings. The molecular weight excluding hydrogens is 730 g/mol. The highest BCUT2D eigenvalue weighted by molar-refractivity contribution is 6.99. The minimum absolute atomic E-state index is 0.00870. The van der Waals surface area contributed by atoms with Crippen LogP contribution in [-0.2, 0) is 22.2 Å². The molecular formula is C44H48ClN3O6Si. The minimum atomic E-state index is -2.71. The summed E-state index contributed by atoms with van der Waals surface area (Å²) in [6.07, 6.45) is 0.268. The molecule has 7 rings (SSSR count). The molecule has 2 heterocycles. The number of halogens is 1. The Morgan fingerprint density at radius 2 is 1.42 bits per heavy atom. The van der Waals surface area contributed by atoms with Gasteiger partial charge in [0.15, 0.2) is 0 Å². The lowest BCUT2D eigenvalue weighted by Crippen LogP contribution is -2.66. The van der Waals surface area contributed by atoms with Crippen molar-refractivity contribution in [3.63, 3.8) is 0 Å². The highest BCUT2D eigenvalue weighted by atomic mass is 35.5. The first kappa shape index (κ1) is 38.4. The summed E-state index contributed by atoms with van der Waals surface area (Å²) in [6, 6.07) is 35.1. The number of carbonyl (C=O) groups is 3. The summed E-state index contributed by atoms with van der Waals surface area (Å²) in [6.45, 7) is 7.49. The minimum Gasteiger partial charge on any atom is -0.465 e. The molecule has 1 saturated heterocycles. The molecule has 2 N–H and O–H groups in total. The maximum absolute atomic E-state index is 14.9. The third-order valence-corrected chi connectivity index (χ3v) is 16.8. The zero-order valence-electron chi connectivity index (χ0n) is 31.5. The van der Waals surface area contributed by atoms with Crippen LogP contribution in [0.4, 0.5) is 9.59 Å². The second-order valence-corrected chi connectivity index (χ2v) is 20.6. The first-order valence-corrected chi connectivity index (χ1v) is 21.3. The van der Waals surface area contributed by atoms with E-state index in [1.54, 1.807) is 11.0 Å². The molecule has 4 aromatic carbocycles. The van der Waals surface area contributed by atoms with Crippen LogP contribution in [0.2, 0.25) is 10.1 Å². The van der Waals surface area contributed by atoms with Gasteiger partial charge in [0, 0.05) is 42.9 Å². The maximum Gasteiger partial charge on any atom is 0.408 e. The Morgan fingerprint density at radius 3 is 1.96 bits per heavy atom. The molecule has 286 valence electrons. The van der Waals surface area contributed by atoms with Crippen molar-refractivity contribution < 1.29 is 29.0 Å². The van der Waals surface area contributed by atoms with Gasteiger partial charge >= 0.3 is 12.2 Å². The molecule has 1 aliphatic carbocycles. The lowest BCUT2D eigenvalue weighted by atomic mass is 9.81. The summed E-state index contributed by atoms with van der Waals surface area (Å²) in [5, 5.41) is 23.3. The van der Waals surface area contributed by atoms with E-state index >= 15 is 0 Å². The zero-order valence-corrected chi connectivity index (χ0v) is 33.3. The zero-order chi connectivity index (χ0) is 38.9. The first-order chi connectivity index (χ1) is 26.4. The summed E-state index contributed by atoms with van der Waals surface area (Å²) < 4.78 is 7.15. The van der Waals surface area contributed by atoms with Crippen molar-refractivity contribution in [3.8, 4) is 0 Å². The van der Waals surface area contributed by atoms with Gasteiger partial charge in [-0.1, -0.05) is 136 Å². The molecule has 9 nitrogen and oxygen atoms in total. The molecule has 55 heavy (non-hydrogen) atoms. The maximum atomic E-state index is 14.9. The molecule has 4 aromatic rings. The number of nitrogens with zero attached hydrogens (tertiary/aromatic N) is 3. The van der Waals surface area contributed by atoms with E-state index in [2.05, 4.69) is 81.4 Å². The average molecular weight is 778 g/mol. The monoisotopic (exact) mass is 777 g/mol. The normalized spacial score (nSPS) is 18.6. The number of amides is 3. The van der Waals surface area contributed by atoms with Gasteiger partial charge in [-0.25, -0.2) is 9.59 Å². The molecule has 0 unspecified atom stereocenters. The lowest BCUT2D eigenvalue weighted by molar-refractivity contribution is -0.129. The van der Waals surface area contributed by atoms with Crippen LogP contribution in [0.1, 0.15) is 56.7 Å². The Morgan fingerprint density at radius 1 is 0.818 bits per heavy atom. The van der Waals surface area contributed by atoms with Crippen molar-refractivity contribution in [2.45, 2.75) is 76.2 Å². The SMILES string of the molecule is CC(C)(C)[Si](OCCc1ccc(C2=C(C(=O)N(Cc3ccccc3Cl)C3CC3)[C@H]3CN(C(=O)O)C[C@@H](C2)N3C(=O)O)cc1)(c1ccccc1)c1ccccc1. The van der Waals surface area contributed by atoms with Crippen molar-refractivity contribution in [1.82, 2.24) is 14.7 Å². The van der Waals surface area contributed by atoms with E-state index in [4.69, 9.17) is 16.0 Å². The molecule has 1 saturated carbocycles. The van der Waals surface area contributed by atoms with Gasteiger partial charge in [0.25, 0.3) is 14.2 Å². The van der Waals surface area contributed by atoms with Crippen LogP contribution < -0.4 is 10.4 Å². The number of hydrogen-bond acceptors (Lipinski definition) is 4. The smallest absolute Gasteiger partial charge is 0.408 e.